The highest BCUT2D eigenvalue weighted by Gasteiger charge is 2.45. The summed E-state index contributed by atoms with van der Waals surface area (Å²) in [6.45, 7) is 7.54. The van der Waals surface area contributed by atoms with Gasteiger partial charge in [0.15, 0.2) is 11.5 Å². The number of carbonyl (C=O) groups excluding carboxylic acids is 3. The van der Waals surface area contributed by atoms with Crippen LogP contribution in [0.25, 0.3) is 16.9 Å². The number of aliphatic hydroxyl groups is 1. The lowest BCUT2D eigenvalue weighted by atomic mass is 9.76. The summed E-state index contributed by atoms with van der Waals surface area (Å²) in [6, 6.07) is 16.7. The topological polar surface area (TPSA) is 174 Å². The second-order valence-corrected chi connectivity index (χ2v) is 19.2. The average Bonchev–Trinajstić information content (AvgIpc) is 3.96. The highest BCUT2D eigenvalue weighted by Crippen LogP contribution is 2.49. The molecule has 1 spiro atoms. The van der Waals surface area contributed by atoms with Gasteiger partial charge in [-0.15, -0.1) is 0 Å². The number of rotatable bonds is 6. The van der Waals surface area contributed by atoms with Gasteiger partial charge in [0, 0.05) is 81.4 Å². The van der Waals surface area contributed by atoms with Crippen molar-refractivity contribution >= 4 is 51.8 Å². The van der Waals surface area contributed by atoms with Gasteiger partial charge in [-0.3, -0.25) is 29.4 Å². The molecule has 17 heteroatoms. The summed E-state index contributed by atoms with van der Waals surface area (Å²) in [5, 5.41) is 17.2. The second kappa shape index (κ2) is 16.5. The van der Waals surface area contributed by atoms with Crippen LogP contribution in [-0.4, -0.2) is 108 Å². The van der Waals surface area contributed by atoms with Gasteiger partial charge in [0.25, 0.3) is 11.5 Å². The maximum absolute atomic E-state index is 15.6. The van der Waals surface area contributed by atoms with Crippen molar-refractivity contribution in [2.24, 2.45) is 5.41 Å². The lowest BCUT2D eigenvalue weighted by molar-refractivity contribution is -0.136. The van der Waals surface area contributed by atoms with E-state index in [0.29, 0.717) is 70.7 Å². The number of hydrogen-bond acceptors (Lipinski definition) is 12. The minimum Gasteiger partial charge on any atom is -0.384 e. The van der Waals surface area contributed by atoms with Crippen molar-refractivity contribution < 1.29 is 23.9 Å². The molecule has 3 aromatic heterocycles. The van der Waals surface area contributed by atoms with Crippen LogP contribution >= 0.6 is 0 Å². The van der Waals surface area contributed by atoms with E-state index in [9.17, 15) is 24.3 Å². The molecular weight excluding hydrogens is 842 g/mol. The fourth-order valence-electron chi connectivity index (χ4n) is 11.3. The first-order valence-corrected chi connectivity index (χ1v) is 23.3. The van der Waals surface area contributed by atoms with Crippen LogP contribution < -0.4 is 26.0 Å². The van der Waals surface area contributed by atoms with E-state index >= 15 is 4.39 Å². The van der Waals surface area contributed by atoms with Crippen molar-refractivity contribution in [1.29, 1.82) is 0 Å². The van der Waals surface area contributed by atoms with Gasteiger partial charge in [-0.2, -0.15) is 4.98 Å². The number of aromatic nitrogens is 5. The predicted octanol–water partition coefficient (Wildman–Crippen LogP) is 5.14. The Kier molecular flexibility index (Phi) is 10.5. The highest BCUT2D eigenvalue weighted by atomic mass is 19.1. The average molecular weight is 896 g/mol. The van der Waals surface area contributed by atoms with E-state index in [-0.39, 0.29) is 48.0 Å². The molecule has 1 saturated carbocycles. The molecule has 4 fully saturated rings. The van der Waals surface area contributed by atoms with Crippen LogP contribution in [0.15, 0.2) is 77.7 Å². The van der Waals surface area contributed by atoms with Crippen LogP contribution in [0, 0.1) is 11.2 Å². The third kappa shape index (κ3) is 7.60. The molecule has 2 aromatic carbocycles. The molecule has 2 unspecified atom stereocenters. The van der Waals surface area contributed by atoms with Gasteiger partial charge in [0.2, 0.25) is 17.8 Å². The highest BCUT2D eigenvalue weighted by molar-refractivity contribution is 6.05. The van der Waals surface area contributed by atoms with Gasteiger partial charge in [0.05, 0.1) is 17.9 Å². The number of piperidine rings is 2. The van der Waals surface area contributed by atoms with Crippen LogP contribution in [0.4, 0.5) is 27.4 Å². The summed E-state index contributed by atoms with van der Waals surface area (Å²) in [5.41, 5.74) is 3.29. The molecule has 342 valence electrons. The number of nitrogens with zero attached hydrogens (tertiary/aromatic N) is 9. The third-order valence-corrected chi connectivity index (χ3v) is 15.2. The number of nitrogens with one attached hydrogen (secondary N) is 2. The Morgan fingerprint density at radius 3 is 2.47 bits per heavy atom. The number of imide groups is 1. The van der Waals surface area contributed by atoms with Crippen LogP contribution in [0.2, 0.25) is 0 Å². The first kappa shape index (κ1) is 42.2. The maximum atomic E-state index is 15.6. The van der Waals surface area contributed by atoms with Crippen molar-refractivity contribution in [2.75, 3.05) is 54.4 Å². The van der Waals surface area contributed by atoms with Gasteiger partial charge in [0.1, 0.15) is 22.8 Å². The van der Waals surface area contributed by atoms with Gasteiger partial charge in [-0.05, 0) is 118 Å². The zero-order valence-corrected chi connectivity index (χ0v) is 37.1. The van der Waals surface area contributed by atoms with Gasteiger partial charge in [-0.25, -0.2) is 23.7 Å². The van der Waals surface area contributed by atoms with Crippen molar-refractivity contribution in [3.8, 4) is 5.82 Å². The molecule has 2 bridgehead atoms. The molecule has 1 aliphatic carbocycles. The van der Waals surface area contributed by atoms with Crippen molar-refractivity contribution in [1.82, 2.24) is 39.4 Å². The fourth-order valence-corrected chi connectivity index (χ4v) is 11.3. The molecule has 5 aromatic rings. The molecular formula is C49H54FN11O5. The minimum atomic E-state index is -1.13. The van der Waals surface area contributed by atoms with Gasteiger partial charge >= 0.3 is 0 Å². The Bertz CT molecular complexity index is 2840. The van der Waals surface area contributed by atoms with Crippen LogP contribution in [0.5, 0.6) is 0 Å². The molecule has 5 aliphatic heterocycles. The van der Waals surface area contributed by atoms with Gasteiger partial charge in [-0.1, -0.05) is 18.2 Å². The molecule has 6 aliphatic rings. The quantitative estimate of drug-likeness (QED) is 0.152. The fraction of sp³-hybridized carbons (Fsp3) is 0.449. The van der Waals surface area contributed by atoms with E-state index in [0.717, 1.165) is 82.7 Å². The van der Waals surface area contributed by atoms with E-state index < -0.39 is 17.6 Å². The molecule has 66 heavy (non-hydrogen) atoms. The normalized spacial score (nSPS) is 24.9. The first-order valence-electron chi connectivity index (χ1n) is 23.3. The Balaban J connectivity index is 0.698. The Hall–Kier alpha value is -6.46. The maximum Gasteiger partial charge on any atom is 0.278 e. The lowest BCUT2D eigenvalue weighted by Crippen LogP contribution is -2.52. The molecule has 3 N–H and O–H groups in total. The molecule has 16 nitrogen and oxygen atoms in total. The Morgan fingerprint density at radius 2 is 1.68 bits per heavy atom. The standard InChI is InChI=1S/C49H54FN11O5/c1-48(66)15-3-2-4-19-60-46(65)36-29-51-47(55-43(36)61(60)41-7-5-6-40(48)53-41)52-32-8-10-33(11-9-32)56-22-24-57(25-23-56)34-14-16-49(28-34)17-20-58(21-18-49)39-27-35-31(26-37(39)50)30-59(45(35)64)38-12-13-42(62)54-44(38)63/h2,4-11,26-27,29,34,38,66H,3,12-25,28,30H2,1H3,(H,51,52,55)(H,54,62,63)/b4-2-/t34?,38?,48-/m1/s1. The zero-order chi connectivity index (χ0) is 45.3. The summed E-state index contributed by atoms with van der Waals surface area (Å²) >= 11 is 0. The summed E-state index contributed by atoms with van der Waals surface area (Å²) < 4.78 is 19.0. The number of amides is 3. The smallest absolute Gasteiger partial charge is 0.278 e. The summed E-state index contributed by atoms with van der Waals surface area (Å²) in [6.07, 6.45) is 12.5. The molecule has 11 rings (SSSR count). The number of carbonyl (C=O) groups is 3. The van der Waals surface area contributed by atoms with Crippen molar-refractivity contribution in [3.63, 3.8) is 0 Å². The van der Waals surface area contributed by atoms with Crippen LogP contribution in [0.3, 0.4) is 0 Å². The molecule has 3 atom stereocenters. The van der Waals surface area contributed by atoms with Crippen molar-refractivity contribution in [2.45, 2.75) is 95.5 Å². The van der Waals surface area contributed by atoms with Crippen LogP contribution in [-0.2, 0) is 28.3 Å². The number of anilines is 4. The lowest BCUT2D eigenvalue weighted by Gasteiger charge is -2.42. The SMILES string of the molecule is C[C@@]1(O)CC/C=C\Cn2c(=O)c3cnc(Nc4ccc(N5CCN(C6CCC7(CCN(c8cc9c(cc8F)CN(C8CCC(=O)NC8=O)C9=O)CC7)C6)CC5)cc4)nc3n2-c2cccc1n2. The number of pyridine rings is 1. The molecule has 0 radical (unpaired) electrons. The minimum absolute atomic E-state index is 0.165. The number of halogens is 1. The van der Waals surface area contributed by atoms with Gasteiger partial charge < -0.3 is 25.1 Å². The number of allylic oxidation sites excluding steroid dienone is 2. The first-order chi connectivity index (χ1) is 31.9. The number of hydrogen-bond donors (Lipinski definition) is 3. The van der Waals surface area contributed by atoms with Crippen molar-refractivity contribution in [3.05, 3.63) is 106 Å². The third-order valence-electron chi connectivity index (χ3n) is 15.2. The Morgan fingerprint density at radius 1 is 0.879 bits per heavy atom. The van der Waals surface area contributed by atoms with E-state index in [1.807, 2.05) is 36.4 Å². The zero-order valence-electron chi connectivity index (χ0n) is 37.1. The predicted molar refractivity (Wildman–Crippen MR) is 246 cm³/mol. The molecule has 3 saturated heterocycles. The summed E-state index contributed by atoms with van der Waals surface area (Å²) in [4.78, 5) is 74.0. The largest absolute Gasteiger partial charge is 0.384 e. The number of fused-ring (bicyclic) bond motifs is 7. The van der Waals surface area contributed by atoms with E-state index in [1.165, 1.54) is 11.0 Å². The van der Waals surface area contributed by atoms with E-state index in [1.54, 1.807) is 34.6 Å². The molecule has 8 heterocycles. The Labute approximate surface area is 381 Å². The monoisotopic (exact) mass is 895 g/mol. The summed E-state index contributed by atoms with van der Waals surface area (Å²) in [5.74, 6) is -0.578. The molecule has 3 amide bonds. The number of piperazine rings is 1. The second-order valence-electron chi connectivity index (χ2n) is 19.2. The van der Waals surface area contributed by atoms with E-state index in [4.69, 9.17) is 9.97 Å². The van der Waals surface area contributed by atoms with Crippen LogP contribution in [0.1, 0.15) is 86.3 Å². The number of benzene rings is 2. The summed E-state index contributed by atoms with van der Waals surface area (Å²) in [7, 11) is 0. The van der Waals surface area contributed by atoms with E-state index in [2.05, 4.69) is 42.5 Å².